The maximum Gasteiger partial charge on any atom is 0.251 e. The van der Waals surface area contributed by atoms with Gasteiger partial charge < -0.3 is 10.6 Å². The fourth-order valence-electron chi connectivity index (χ4n) is 0.734. The van der Waals surface area contributed by atoms with Crippen LogP contribution in [0, 0.1) is 0 Å². The first-order valence-corrected chi connectivity index (χ1v) is 4.57. The highest BCUT2D eigenvalue weighted by molar-refractivity contribution is 5.93. The average molecular weight is 208 g/mol. The standard InChI is InChI=1S/C8H9NO.C3H7NO/c1-9-8(10)7-5-3-2-4-6-7;1-3(5)4-2/h2-6H,1H3,(H,9,10);1-2H3,(H,4,5). The number of amides is 2. The van der Waals surface area contributed by atoms with Crippen LogP contribution in [-0.4, -0.2) is 25.9 Å². The van der Waals surface area contributed by atoms with E-state index in [-0.39, 0.29) is 11.8 Å². The van der Waals surface area contributed by atoms with Gasteiger partial charge in [-0.1, -0.05) is 18.2 Å². The third-order valence-corrected chi connectivity index (χ3v) is 1.62. The average Bonchev–Trinajstić information content (AvgIpc) is 2.30. The summed E-state index contributed by atoms with van der Waals surface area (Å²) in [5, 5.41) is 4.93. The van der Waals surface area contributed by atoms with E-state index in [2.05, 4.69) is 10.6 Å². The second kappa shape index (κ2) is 7.55. The molecule has 0 fully saturated rings. The molecule has 0 saturated heterocycles. The van der Waals surface area contributed by atoms with Gasteiger partial charge in [-0.25, -0.2) is 0 Å². The van der Waals surface area contributed by atoms with Gasteiger partial charge in [-0.15, -0.1) is 0 Å². The predicted octanol–water partition coefficient (Wildman–Crippen LogP) is 0.798. The van der Waals surface area contributed by atoms with Gasteiger partial charge in [0.2, 0.25) is 5.91 Å². The second-order valence-electron chi connectivity index (χ2n) is 2.75. The van der Waals surface area contributed by atoms with Crippen molar-refractivity contribution in [3.63, 3.8) is 0 Å². The Balaban J connectivity index is 0.000000336. The topological polar surface area (TPSA) is 58.2 Å². The van der Waals surface area contributed by atoms with Gasteiger partial charge in [-0.2, -0.15) is 0 Å². The molecule has 4 heteroatoms. The molecule has 1 aromatic rings. The van der Waals surface area contributed by atoms with Gasteiger partial charge in [0.15, 0.2) is 0 Å². The lowest BCUT2D eigenvalue weighted by Gasteiger charge is -1.96. The lowest BCUT2D eigenvalue weighted by molar-refractivity contribution is -0.118. The highest BCUT2D eigenvalue weighted by atomic mass is 16.2. The van der Waals surface area contributed by atoms with Gasteiger partial charge in [0.1, 0.15) is 0 Å². The summed E-state index contributed by atoms with van der Waals surface area (Å²) in [4.78, 5) is 20.6. The van der Waals surface area contributed by atoms with Gasteiger partial charge in [0.25, 0.3) is 5.91 Å². The number of rotatable bonds is 1. The number of hydrogen-bond donors (Lipinski definition) is 2. The number of carbonyl (C=O) groups is 2. The van der Waals surface area contributed by atoms with E-state index in [1.807, 2.05) is 18.2 Å². The van der Waals surface area contributed by atoms with Crippen molar-refractivity contribution < 1.29 is 9.59 Å². The number of nitrogens with one attached hydrogen (secondary N) is 2. The summed E-state index contributed by atoms with van der Waals surface area (Å²) >= 11 is 0. The normalized spacial score (nSPS) is 8.20. The SMILES string of the molecule is CNC(=O)c1ccccc1.CNC(C)=O. The fraction of sp³-hybridized carbons (Fsp3) is 0.273. The predicted molar refractivity (Wildman–Crippen MR) is 59.6 cm³/mol. The lowest BCUT2D eigenvalue weighted by atomic mass is 10.2. The monoisotopic (exact) mass is 208 g/mol. The smallest absolute Gasteiger partial charge is 0.251 e. The molecule has 0 aliphatic heterocycles. The van der Waals surface area contributed by atoms with Gasteiger partial charge in [-0.05, 0) is 12.1 Å². The Hall–Kier alpha value is -1.84. The highest BCUT2D eigenvalue weighted by Gasteiger charge is 1.97. The Labute approximate surface area is 89.7 Å². The first kappa shape index (κ1) is 13.2. The molecule has 0 aliphatic rings. The van der Waals surface area contributed by atoms with Crippen LogP contribution in [0.4, 0.5) is 0 Å². The maximum atomic E-state index is 10.9. The molecule has 0 saturated carbocycles. The molecule has 2 amide bonds. The Morgan fingerprint density at radius 2 is 1.47 bits per heavy atom. The largest absolute Gasteiger partial charge is 0.359 e. The fourth-order valence-corrected chi connectivity index (χ4v) is 0.734. The minimum absolute atomic E-state index is 0.00463. The Bertz CT molecular complexity index is 310. The van der Waals surface area contributed by atoms with E-state index in [0.717, 1.165) is 0 Å². The highest BCUT2D eigenvalue weighted by Crippen LogP contribution is 1.96. The Kier molecular flexibility index (Phi) is 6.63. The van der Waals surface area contributed by atoms with Crippen LogP contribution in [0.5, 0.6) is 0 Å². The quantitative estimate of drug-likeness (QED) is 0.717. The molecule has 0 atom stereocenters. The number of carbonyl (C=O) groups excluding carboxylic acids is 2. The molecular formula is C11H16N2O2. The summed E-state index contributed by atoms with van der Waals surface area (Å²) in [6.07, 6.45) is 0. The summed E-state index contributed by atoms with van der Waals surface area (Å²) in [7, 11) is 3.22. The van der Waals surface area contributed by atoms with Crippen LogP contribution in [0.3, 0.4) is 0 Å². The van der Waals surface area contributed by atoms with E-state index >= 15 is 0 Å². The first-order valence-electron chi connectivity index (χ1n) is 4.57. The summed E-state index contributed by atoms with van der Waals surface area (Å²) in [6, 6.07) is 9.11. The van der Waals surface area contributed by atoms with Gasteiger partial charge in [0, 0.05) is 26.6 Å². The summed E-state index contributed by atoms with van der Waals surface area (Å²) in [5.74, 6) is -0.0365. The van der Waals surface area contributed by atoms with E-state index in [0.29, 0.717) is 5.56 Å². The van der Waals surface area contributed by atoms with Crippen molar-refractivity contribution in [3.05, 3.63) is 35.9 Å². The van der Waals surface area contributed by atoms with Crippen LogP contribution in [-0.2, 0) is 4.79 Å². The molecule has 1 rings (SSSR count). The molecule has 15 heavy (non-hydrogen) atoms. The molecule has 0 spiro atoms. The van der Waals surface area contributed by atoms with Gasteiger partial charge in [0.05, 0.1) is 0 Å². The van der Waals surface area contributed by atoms with Crippen molar-refractivity contribution in [1.29, 1.82) is 0 Å². The lowest BCUT2D eigenvalue weighted by Crippen LogP contribution is -2.17. The number of hydrogen-bond acceptors (Lipinski definition) is 2. The van der Waals surface area contributed by atoms with E-state index in [1.165, 1.54) is 6.92 Å². The van der Waals surface area contributed by atoms with E-state index in [9.17, 15) is 9.59 Å². The third-order valence-electron chi connectivity index (χ3n) is 1.62. The maximum absolute atomic E-state index is 10.9. The molecule has 0 aliphatic carbocycles. The number of benzene rings is 1. The van der Waals surface area contributed by atoms with Crippen molar-refractivity contribution in [2.45, 2.75) is 6.92 Å². The second-order valence-corrected chi connectivity index (χ2v) is 2.75. The molecule has 1 aromatic carbocycles. The minimum atomic E-state index is -0.0411. The van der Waals surface area contributed by atoms with Crippen LogP contribution in [0.2, 0.25) is 0 Å². The van der Waals surface area contributed by atoms with Crippen LogP contribution in [0.1, 0.15) is 17.3 Å². The van der Waals surface area contributed by atoms with Crippen LogP contribution >= 0.6 is 0 Å². The van der Waals surface area contributed by atoms with Crippen molar-refractivity contribution in [2.75, 3.05) is 14.1 Å². The van der Waals surface area contributed by atoms with Crippen LogP contribution in [0.25, 0.3) is 0 Å². The van der Waals surface area contributed by atoms with Crippen LogP contribution in [0.15, 0.2) is 30.3 Å². The Morgan fingerprint density at radius 1 is 1.00 bits per heavy atom. The van der Waals surface area contributed by atoms with E-state index < -0.39 is 0 Å². The zero-order valence-corrected chi connectivity index (χ0v) is 9.20. The molecular weight excluding hydrogens is 192 g/mol. The molecule has 0 bridgehead atoms. The summed E-state index contributed by atoms with van der Waals surface area (Å²) in [5.41, 5.74) is 0.699. The zero-order chi connectivity index (χ0) is 11.7. The van der Waals surface area contributed by atoms with Gasteiger partial charge >= 0.3 is 0 Å². The van der Waals surface area contributed by atoms with Gasteiger partial charge in [-0.3, -0.25) is 9.59 Å². The van der Waals surface area contributed by atoms with Crippen molar-refractivity contribution in [2.24, 2.45) is 0 Å². The van der Waals surface area contributed by atoms with Crippen LogP contribution < -0.4 is 10.6 Å². The van der Waals surface area contributed by atoms with Crippen molar-refractivity contribution in [1.82, 2.24) is 10.6 Å². The first-order chi connectivity index (χ1) is 7.11. The van der Waals surface area contributed by atoms with E-state index in [1.54, 1.807) is 26.2 Å². The summed E-state index contributed by atoms with van der Waals surface area (Å²) < 4.78 is 0. The molecule has 2 N–H and O–H groups in total. The van der Waals surface area contributed by atoms with E-state index in [4.69, 9.17) is 0 Å². The van der Waals surface area contributed by atoms with Crippen molar-refractivity contribution in [3.8, 4) is 0 Å². The molecule has 0 radical (unpaired) electrons. The molecule has 0 unspecified atom stereocenters. The minimum Gasteiger partial charge on any atom is -0.359 e. The molecule has 0 heterocycles. The molecule has 4 nitrogen and oxygen atoms in total. The van der Waals surface area contributed by atoms with Crippen molar-refractivity contribution >= 4 is 11.8 Å². The third kappa shape index (κ3) is 6.26. The summed E-state index contributed by atoms with van der Waals surface area (Å²) in [6.45, 7) is 1.47. The molecule has 0 aromatic heterocycles. The molecule has 82 valence electrons. The zero-order valence-electron chi connectivity index (χ0n) is 9.20. The Morgan fingerprint density at radius 3 is 1.80 bits per heavy atom.